The molecule has 76 valence electrons. The van der Waals surface area contributed by atoms with E-state index >= 15 is 0 Å². The van der Waals surface area contributed by atoms with Gasteiger partial charge in [0.1, 0.15) is 6.61 Å². The highest BCUT2D eigenvalue weighted by atomic mass is 32.1. The number of carbonyl (C=O) groups excluding carboxylic acids is 1. The normalized spacial score (nSPS) is 16.0. The monoisotopic (exact) mass is 220 g/mol. The summed E-state index contributed by atoms with van der Waals surface area (Å²) in [4.78, 5) is 17.3. The van der Waals surface area contributed by atoms with E-state index in [4.69, 9.17) is 4.74 Å². The number of para-hydroxylation sites is 1. The van der Waals surface area contributed by atoms with E-state index in [0.717, 1.165) is 15.3 Å². The van der Waals surface area contributed by atoms with E-state index in [9.17, 15) is 4.79 Å². The van der Waals surface area contributed by atoms with E-state index in [0.29, 0.717) is 13.2 Å². The maximum absolute atomic E-state index is 11.3. The van der Waals surface area contributed by atoms with E-state index < -0.39 is 0 Å². The Kier molecular flexibility index (Phi) is 1.85. The Morgan fingerprint density at radius 3 is 3.00 bits per heavy atom. The first kappa shape index (κ1) is 8.67. The van der Waals surface area contributed by atoms with Crippen LogP contribution in [0.3, 0.4) is 0 Å². The summed E-state index contributed by atoms with van der Waals surface area (Å²) in [7, 11) is 0. The van der Waals surface area contributed by atoms with E-state index in [1.807, 2.05) is 24.3 Å². The summed E-state index contributed by atoms with van der Waals surface area (Å²) in [5.74, 6) is 0. The molecule has 2 heterocycles. The zero-order chi connectivity index (χ0) is 10.3. The van der Waals surface area contributed by atoms with E-state index in [1.54, 1.807) is 4.90 Å². The van der Waals surface area contributed by atoms with Crippen LogP contribution in [0.25, 0.3) is 10.2 Å². The Labute approximate surface area is 90.1 Å². The highest BCUT2D eigenvalue weighted by Gasteiger charge is 2.26. The number of ether oxygens (including phenoxy) is 1. The van der Waals surface area contributed by atoms with Crippen molar-refractivity contribution in [2.75, 3.05) is 18.1 Å². The van der Waals surface area contributed by atoms with Crippen LogP contribution in [0.1, 0.15) is 0 Å². The first-order valence-corrected chi connectivity index (χ1v) is 5.46. The van der Waals surface area contributed by atoms with Crippen molar-refractivity contribution in [1.82, 2.24) is 4.98 Å². The predicted molar refractivity (Wildman–Crippen MR) is 58.3 cm³/mol. The summed E-state index contributed by atoms with van der Waals surface area (Å²) in [6.45, 7) is 1.05. The Morgan fingerprint density at radius 2 is 2.27 bits per heavy atom. The summed E-state index contributed by atoms with van der Waals surface area (Å²) < 4.78 is 5.96. The second-order valence-corrected chi connectivity index (χ2v) is 4.24. The number of hydrogen-bond donors (Lipinski definition) is 0. The molecular weight excluding hydrogens is 212 g/mol. The molecule has 15 heavy (non-hydrogen) atoms. The van der Waals surface area contributed by atoms with Crippen molar-refractivity contribution in [1.29, 1.82) is 0 Å². The topological polar surface area (TPSA) is 42.4 Å². The van der Waals surface area contributed by atoms with Crippen molar-refractivity contribution in [2.24, 2.45) is 0 Å². The van der Waals surface area contributed by atoms with Gasteiger partial charge in [0.05, 0.1) is 16.8 Å². The van der Waals surface area contributed by atoms with Crippen LogP contribution in [0.4, 0.5) is 9.93 Å². The molecule has 1 aliphatic rings. The lowest BCUT2D eigenvalue weighted by atomic mass is 10.3. The van der Waals surface area contributed by atoms with Crippen LogP contribution in [0.5, 0.6) is 0 Å². The van der Waals surface area contributed by atoms with Gasteiger partial charge in [0, 0.05) is 0 Å². The minimum absolute atomic E-state index is 0.297. The summed E-state index contributed by atoms with van der Waals surface area (Å²) >= 11 is 1.51. The molecule has 1 fully saturated rings. The minimum atomic E-state index is -0.297. The molecule has 0 radical (unpaired) electrons. The van der Waals surface area contributed by atoms with Gasteiger partial charge >= 0.3 is 6.09 Å². The predicted octanol–water partition coefficient (Wildman–Crippen LogP) is 2.25. The van der Waals surface area contributed by atoms with Gasteiger partial charge in [-0.1, -0.05) is 23.5 Å². The van der Waals surface area contributed by atoms with Gasteiger partial charge in [0.25, 0.3) is 0 Å². The SMILES string of the molecule is O=C1OCCN1c1nc2ccccc2s1. The summed E-state index contributed by atoms with van der Waals surface area (Å²) in [6, 6.07) is 7.84. The summed E-state index contributed by atoms with van der Waals surface area (Å²) in [6.07, 6.45) is -0.297. The van der Waals surface area contributed by atoms with Crippen molar-refractivity contribution in [2.45, 2.75) is 0 Å². The fraction of sp³-hybridized carbons (Fsp3) is 0.200. The summed E-state index contributed by atoms with van der Waals surface area (Å²) in [5, 5.41) is 0.721. The highest BCUT2D eigenvalue weighted by Crippen LogP contribution is 2.29. The second-order valence-electron chi connectivity index (χ2n) is 3.23. The van der Waals surface area contributed by atoms with Gasteiger partial charge in [-0.25, -0.2) is 14.7 Å². The zero-order valence-corrected chi connectivity index (χ0v) is 8.66. The first-order valence-electron chi connectivity index (χ1n) is 4.64. The lowest BCUT2D eigenvalue weighted by molar-refractivity contribution is 0.181. The van der Waals surface area contributed by atoms with Gasteiger partial charge in [-0.3, -0.25) is 0 Å². The van der Waals surface area contributed by atoms with Crippen LogP contribution < -0.4 is 4.90 Å². The Hall–Kier alpha value is -1.62. The number of amides is 1. The van der Waals surface area contributed by atoms with Crippen LogP contribution >= 0.6 is 11.3 Å². The molecule has 4 nitrogen and oxygen atoms in total. The average Bonchev–Trinajstić information content (AvgIpc) is 2.82. The van der Waals surface area contributed by atoms with Crippen molar-refractivity contribution in [3.05, 3.63) is 24.3 Å². The largest absolute Gasteiger partial charge is 0.447 e. The number of fused-ring (bicyclic) bond motifs is 1. The fourth-order valence-corrected chi connectivity index (χ4v) is 2.52. The zero-order valence-electron chi connectivity index (χ0n) is 7.84. The lowest BCUT2D eigenvalue weighted by Crippen LogP contribution is -2.22. The van der Waals surface area contributed by atoms with E-state index in [1.165, 1.54) is 11.3 Å². The van der Waals surface area contributed by atoms with Gasteiger partial charge < -0.3 is 4.74 Å². The standard InChI is InChI=1S/C10H8N2O2S/c13-10-12(5-6-14-10)9-11-7-3-1-2-4-8(7)15-9/h1-4H,5-6H2. The molecule has 0 atom stereocenters. The molecule has 0 bridgehead atoms. The molecule has 1 amide bonds. The second kappa shape index (κ2) is 3.20. The van der Waals surface area contributed by atoms with E-state index in [-0.39, 0.29) is 6.09 Å². The number of nitrogens with zero attached hydrogens (tertiary/aromatic N) is 2. The maximum Gasteiger partial charge on any atom is 0.416 e. The average molecular weight is 220 g/mol. The van der Waals surface area contributed by atoms with Crippen LogP contribution in [0.2, 0.25) is 0 Å². The number of benzene rings is 1. The molecule has 1 aliphatic heterocycles. The van der Waals surface area contributed by atoms with Crippen molar-refractivity contribution < 1.29 is 9.53 Å². The number of thiazole rings is 1. The Morgan fingerprint density at radius 1 is 1.40 bits per heavy atom. The number of cyclic esters (lactones) is 1. The third-order valence-electron chi connectivity index (χ3n) is 2.27. The molecule has 1 aromatic heterocycles. The molecule has 0 N–H and O–H groups in total. The Bertz CT molecular complexity index is 490. The van der Waals surface area contributed by atoms with Crippen molar-refractivity contribution >= 4 is 32.8 Å². The number of anilines is 1. The smallest absolute Gasteiger partial charge is 0.416 e. The number of carbonyl (C=O) groups is 1. The molecule has 0 unspecified atom stereocenters. The van der Waals surface area contributed by atoms with Gasteiger partial charge in [0.2, 0.25) is 0 Å². The number of aromatic nitrogens is 1. The maximum atomic E-state index is 11.3. The third kappa shape index (κ3) is 1.35. The first-order chi connectivity index (χ1) is 7.34. The van der Waals surface area contributed by atoms with Gasteiger partial charge in [-0.15, -0.1) is 0 Å². The molecule has 0 spiro atoms. The van der Waals surface area contributed by atoms with Crippen LogP contribution in [0.15, 0.2) is 24.3 Å². The molecule has 3 rings (SSSR count). The molecule has 0 aliphatic carbocycles. The molecule has 5 heteroatoms. The number of rotatable bonds is 1. The van der Waals surface area contributed by atoms with Gasteiger partial charge in [-0.2, -0.15) is 0 Å². The van der Waals surface area contributed by atoms with Gasteiger partial charge in [-0.05, 0) is 12.1 Å². The molecule has 1 saturated heterocycles. The van der Waals surface area contributed by atoms with Crippen LogP contribution in [0, 0.1) is 0 Å². The Balaban J connectivity index is 2.08. The van der Waals surface area contributed by atoms with Crippen LogP contribution in [-0.2, 0) is 4.74 Å². The number of hydrogen-bond acceptors (Lipinski definition) is 4. The minimum Gasteiger partial charge on any atom is -0.447 e. The third-order valence-corrected chi connectivity index (χ3v) is 3.33. The van der Waals surface area contributed by atoms with Gasteiger partial charge in [0.15, 0.2) is 5.13 Å². The van der Waals surface area contributed by atoms with Crippen molar-refractivity contribution in [3.63, 3.8) is 0 Å². The van der Waals surface area contributed by atoms with Crippen molar-refractivity contribution in [3.8, 4) is 0 Å². The fourth-order valence-electron chi connectivity index (χ4n) is 1.54. The van der Waals surface area contributed by atoms with Crippen LogP contribution in [-0.4, -0.2) is 24.2 Å². The molecule has 0 saturated carbocycles. The molecule has 2 aromatic rings. The highest BCUT2D eigenvalue weighted by molar-refractivity contribution is 7.22. The summed E-state index contributed by atoms with van der Waals surface area (Å²) in [5.41, 5.74) is 0.928. The molecular formula is C10H8N2O2S. The quantitative estimate of drug-likeness (QED) is 0.740. The molecule has 1 aromatic carbocycles. The lowest BCUT2D eigenvalue weighted by Gasteiger charge is -2.06. The van der Waals surface area contributed by atoms with E-state index in [2.05, 4.69) is 4.98 Å².